The van der Waals surface area contributed by atoms with Crippen LogP contribution < -0.4 is 4.74 Å². The maximum atomic E-state index is 13.1. The van der Waals surface area contributed by atoms with Crippen LogP contribution in [0.3, 0.4) is 0 Å². The largest absolute Gasteiger partial charge is 0.437 e. The Kier molecular flexibility index (Phi) is 5.90. The molecule has 0 bridgehead atoms. The van der Waals surface area contributed by atoms with Crippen LogP contribution in [0.25, 0.3) is 11.1 Å². The number of hydrogen-bond acceptors (Lipinski definition) is 3. The maximum Gasteiger partial charge on any atom is 0.416 e. The Labute approximate surface area is 182 Å². The van der Waals surface area contributed by atoms with Crippen molar-refractivity contribution in [2.75, 3.05) is 0 Å². The minimum Gasteiger partial charge on any atom is -0.437 e. The van der Waals surface area contributed by atoms with Gasteiger partial charge in [0.25, 0.3) is 0 Å². The smallest absolute Gasteiger partial charge is 0.416 e. The van der Waals surface area contributed by atoms with Gasteiger partial charge in [0.2, 0.25) is 5.88 Å². The molecule has 1 aromatic heterocycles. The second kappa shape index (κ2) is 8.78. The van der Waals surface area contributed by atoms with Gasteiger partial charge in [0.05, 0.1) is 11.3 Å². The summed E-state index contributed by atoms with van der Waals surface area (Å²) in [4.78, 5) is 0. The van der Waals surface area contributed by atoms with Crippen LogP contribution in [-0.2, 0) is 12.6 Å². The Morgan fingerprint density at radius 1 is 0.812 bits per heavy atom. The number of nitrogens with zero attached hydrogens (tertiary/aromatic N) is 2. The van der Waals surface area contributed by atoms with Crippen LogP contribution in [-0.4, -0.2) is 10.2 Å². The summed E-state index contributed by atoms with van der Waals surface area (Å²) >= 11 is 0. The molecule has 0 fully saturated rings. The predicted molar refractivity (Wildman–Crippen MR) is 113 cm³/mol. The van der Waals surface area contributed by atoms with E-state index >= 15 is 0 Å². The molecule has 0 unspecified atom stereocenters. The zero-order valence-electron chi connectivity index (χ0n) is 17.0. The van der Waals surface area contributed by atoms with Gasteiger partial charge in [-0.3, -0.25) is 0 Å². The molecule has 162 valence electrons. The monoisotopic (exact) mass is 438 g/mol. The standard InChI is InChI=1S/C25H18F4N2O/c1-16-13-23(19-3-2-4-20(15-19)25(27,28)29)24(31-30-16)32-22-11-7-18(8-12-22)14-17-5-9-21(26)10-6-17/h2-13,15H,14H2,1H3. The first-order valence-electron chi connectivity index (χ1n) is 9.81. The third-order valence-electron chi connectivity index (χ3n) is 4.84. The van der Waals surface area contributed by atoms with Gasteiger partial charge in [-0.2, -0.15) is 18.3 Å². The zero-order valence-corrected chi connectivity index (χ0v) is 17.0. The lowest BCUT2D eigenvalue weighted by molar-refractivity contribution is -0.137. The van der Waals surface area contributed by atoms with Gasteiger partial charge in [0, 0.05) is 5.56 Å². The summed E-state index contributed by atoms with van der Waals surface area (Å²) in [5.41, 5.74) is 2.52. The number of hydrogen-bond donors (Lipinski definition) is 0. The van der Waals surface area contributed by atoms with E-state index in [9.17, 15) is 17.6 Å². The molecule has 0 spiro atoms. The molecule has 0 atom stereocenters. The molecule has 0 aliphatic heterocycles. The lowest BCUT2D eigenvalue weighted by atomic mass is 10.0. The van der Waals surface area contributed by atoms with Crippen molar-refractivity contribution < 1.29 is 22.3 Å². The summed E-state index contributed by atoms with van der Waals surface area (Å²) in [7, 11) is 0. The minimum absolute atomic E-state index is 0.112. The Hall–Kier alpha value is -3.74. The fourth-order valence-electron chi connectivity index (χ4n) is 3.25. The number of aryl methyl sites for hydroxylation is 1. The number of benzene rings is 3. The molecule has 7 heteroatoms. The van der Waals surface area contributed by atoms with Gasteiger partial charge in [-0.15, -0.1) is 5.10 Å². The molecule has 4 rings (SSSR count). The van der Waals surface area contributed by atoms with E-state index in [1.54, 1.807) is 43.3 Å². The van der Waals surface area contributed by atoms with Gasteiger partial charge < -0.3 is 4.74 Å². The Balaban J connectivity index is 1.58. The van der Waals surface area contributed by atoms with Gasteiger partial charge in [-0.05, 0) is 72.5 Å². The number of rotatable bonds is 5. The van der Waals surface area contributed by atoms with E-state index in [1.807, 2.05) is 12.1 Å². The van der Waals surface area contributed by atoms with E-state index in [1.165, 1.54) is 18.2 Å². The number of alkyl halides is 3. The fourth-order valence-corrected chi connectivity index (χ4v) is 3.25. The molecule has 4 aromatic rings. The minimum atomic E-state index is -4.45. The molecule has 1 heterocycles. The van der Waals surface area contributed by atoms with Crippen LogP contribution in [0.5, 0.6) is 11.6 Å². The highest BCUT2D eigenvalue weighted by atomic mass is 19.4. The topological polar surface area (TPSA) is 35.0 Å². The number of ether oxygens (including phenoxy) is 1. The average molecular weight is 438 g/mol. The van der Waals surface area contributed by atoms with Crippen LogP contribution in [0.2, 0.25) is 0 Å². The first-order chi connectivity index (χ1) is 15.3. The van der Waals surface area contributed by atoms with Crippen molar-refractivity contribution in [3.05, 3.63) is 107 Å². The molecule has 0 saturated heterocycles. The molecular formula is C25H18F4N2O. The molecule has 0 radical (unpaired) electrons. The fraction of sp³-hybridized carbons (Fsp3) is 0.120. The summed E-state index contributed by atoms with van der Waals surface area (Å²) < 4.78 is 58.4. The second-order valence-corrected chi connectivity index (χ2v) is 7.33. The van der Waals surface area contributed by atoms with Gasteiger partial charge in [0.15, 0.2) is 0 Å². The first-order valence-corrected chi connectivity index (χ1v) is 9.81. The number of aromatic nitrogens is 2. The highest BCUT2D eigenvalue weighted by Gasteiger charge is 2.30. The highest BCUT2D eigenvalue weighted by molar-refractivity contribution is 5.69. The first kappa shape index (κ1) is 21.5. The zero-order chi connectivity index (χ0) is 22.7. The Bertz CT molecular complexity index is 1220. The maximum absolute atomic E-state index is 13.1. The van der Waals surface area contributed by atoms with Crippen molar-refractivity contribution in [1.29, 1.82) is 0 Å². The SMILES string of the molecule is Cc1cc(-c2cccc(C(F)(F)F)c2)c(Oc2ccc(Cc3ccc(F)cc3)cc2)nn1. The van der Waals surface area contributed by atoms with Crippen molar-refractivity contribution in [3.63, 3.8) is 0 Å². The van der Waals surface area contributed by atoms with Gasteiger partial charge in [-0.1, -0.05) is 36.4 Å². The van der Waals surface area contributed by atoms with Gasteiger partial charge in [0.1, 0.15) is 11.6 Å². The third kappa shape index (κ3) is 5.11. The Morgan fingerprint density at radius 2 is 1.47 bits per heavy atom. The van der Waals surface area contributed by atoms with Crippen molar-refractivity contribution in [1.82, 2.24) is 10.2 Å². The molecule has 0 aliphatic rings. The molecule has 0 aliphatic carbocycles. The summed E-state index contributed by atoms with van der Waals surface area (Å²) in [6.07, 6.45) is -3.83. The van der Waals surface area contributed by atoms with Crippen molar-refractivity contribution >= 4 is 0 Å². The summed E-state index contributed by atoms with van der Waals surface area (Å²) in [5.74, 6) is 0.300. The van der Waals surface area contributed by atoms with Crippen molar-refractivity contribution in [2.24, 2.45) is 0 Å². The van der Waals surface area contributed by atoms with E-state index in [-0.39, 0.29) is 11.7 Å². The highest BCUT2D eigenvalue weighted by Crippen LogP contribution is 2.36. The second-order valence-electron chi connectivity index (χ2n) is 7.33. The third-order valence-corrected chi connectivity index (χ3v) is 4.84. The average Bonchev–Trinajstić information content (AvgIpc) is 2.77. The summed E-state index contributed by atoms with van der Waals surface area (Å²) in [5, 5.41) is 8.04. The molecule has 32 heavy (non-hydrogen) atoms. The van der Waals surface area contributed by atoms with Crippen LogP contribution in [0, 0.1) is 12.7 Å². The van der Waals surface area contributed by atoms with Crippen LogP contribution in [0.15, 0.2) is 78.9 Å². The number of halogens is 4. The lowest BCUT2D eigenvalue weighted by Crippen LogP contribution is -2.05. The normalized spacial score (nSPS) is 11.4. The van der Waals surface area contributed by atoms with Crippen molar-refractivity contribution in [3.8, 4) is 22.8 Å². The quantitative estimate of drug-likeness (QED) is 0.315. The predicted octanol–water partition coefficient (Wildman–Crippen LogP) is 6.99. The van der Waals surface area contributed by atoms with E-state index < -0.39 is 11.7 Å². The summed E-state index contributed by atoms with van der Waals surface area (Å²) in [6.45, 7) is 1.71. The molecular weight excluding hydrogens is 420 g/mol. The van der Waals surface area contributed by atoms with E-state index in [2.05, 4.69) is 10.2 Å². The molecule has 0 N–H and O–H groups in total. The van der Waals surface area contributed by atoms with Crippen molar-refractivity contribution in [2.45, 2.75) is 19.5 Å². The molecule has 0 saturated carbocycles. The van der Waals surface area contributed by atoms with Gasteiger partial charge in [-0.25, -0.2) is 4.39 Å². The van der Waals surface area contributed by atoms with E-state index in [4.69, 9.17) is 4.74 Å². The van der Waals surface area contributed by atoms with Crippen LogP contribution >= 0.6 is 0 Å². The van der Waals surface area contributed by atoms with E-state index in [0.29, 0.717) is 29.0 Å². The van der Waals surface area contributed by atoms with Crippen LogP contribution in [0.4, 0.5) is 17.6 Å². The Morgan fingerprint density at radius 3 is 2.12 bits per heavy atom. The molecule has 0 amide bonds. The molecule has 3 nitrogen and oxygen atoms in total. The van der Waals surface area contributed by atoms with E-state index in [0.717, 1.165) is 23.3 Å². The lowest BCUT2D eigenvalue weighted by Gasteiger charge is -2.13. The van der Waals surface area contributed by atoms with Crippen LogP contribution in [0.1, 0.15) is 22.4 Å². The molecule has 3 aromatic carbocycles. The van der Waals surface area contributed by atoms with Gasteiger partial charge >= 0.3 is 6.18 Å². The summed E-state index contributed by atoms with van der Waals surface area (Å²) in [6, 6.07) is 20.1.